The van der Waals surface area contributed by atoms with Gasteiger partial charge in [-0.3, -0.25) is 9.59 Å². The Labute approximate surface area is 216 Å². The summed E-state index contributed by atoms with van der Waals surface area (Å²) in [5, 5.41) is 14.8. The number of carbonyl (C=O) groups is 5. The molecule has 0 aromatic heterocycles. The van der Waals surface area contributed by atoms with Crippen molar-refractivity contribution in [1.82, 2.24) is 15.1 Å². The molecule has 2 aliphatic heterocycles. The fraction of sp³-hybridized carbons (Fsp3) is 0.346. The minimum absolute atomic E-state index is 0.167. The van der Waals surface area contributed by atoms with Crippen LogP contribution in [0.3, 0.4) is 0 Å². The number of halogens is 1. The van der Waals surface area contributed by atoms with Gasteiger partial charge in [0, 0.05) is 24.7 Å². The lowest BCUT2D eigenvalue weighted by Gasteiger charge is -2.30. The van der Waals surface area contributed by atoms with Crippen LogP contribution in [-0.2, 0) is 31.1 Å². The van der Waals surface area contributed by atoms with E-state index in [1.54, 1.807) is 18.2 Å². The molecule has 1 spiro atoms. The van der Waals surface area contributed by atoms with Gasteiger partial charge in [-0.25, -0.2) is 23.7 Å². The van der Waals surface area contributed by atoms with E-state index in [-0.39, 0.29) is 12.8 Å². The number of benzene rings is 2. The van der Waals surface area contributed by atoms with E-state index in [1.807, 2.05) is 0 Å². The number of nitrogens with one attached hydrogen (secondary N) is 2. The van der Waals surface area contributed by atoms with E-state index < -0.39 is 60.0 Å². The molecule has 38 heavy (non-hydrogen) atoms. The highest BCUT2D eigenvalue weighted by Crippen LogP contribution is 2.46. The lowest BCUT2D eigenvalue weighted by atomic mass is 9.94. The third kappa shape index (κ3) is 4.11. The van der Waals surface area contributed by atoms with Gasteiger partial charge in [0.15, 0.2) is 0 Å². The third-order valence-corrected chi connectivity index (χ3v) is 7.35. The largest absolute Gasteiger partial charge is 0.480 e. The lowest BCUT2D eigenvalue weighted by Crippen LogP contribution is -2.48. The smallest absolute Gasteiger partial charge is 0.418 e. The molecule has 11 nitrogen and oxygen atoms in total. The number of carboxylic acid groups (broad SMARTS) is 1. The molecule has 2 aromatic carbocycles. The van der Waals surface area contributed by atoms with Gasteiger partial charge in [-0.1, -0.05) is 18.2 Å². The minimum Gasteiger partial charge on any atom is -0.480 e. The van der Waals surface area contributed by atoms with Gasteiger partial charge in [0.1, 0.15) is 18.4 Å². The minimum atomic E-state index is -1.59. The molecule has 1 aliphatic carbocycles. The summed E-state index contributed by atoms with van der Waals surface area (Å²) < 4.78 is 19.0. The molecule has 5 rings (SSSR count). The summed E-state index contributed by atoms with van der Waals surface area (Å²) in [6, 6.07) is 8.10. The fourth-order valence-corrected chi connectivity index (χ4v) is 5.55. The second kappa shape index (κ2) is 9.43. The summed E-state index contributed by atoms with van der Waals surface area (Å²) >= 11 is 0. The number of fused-ring (bicyclic) bond motifs is 2. The average molecular weight is 525 g/mol. The standard InChI is InChI=1S/C26H25FN4O7/c1-28-24(36)29-17-6-7-18-15(12-17)10-11-26(18)23(35)30(25(37)38-26)13-21(32)31-19(8-9-20(31)22(33)34)14-2-4-16(27)5-3-14/h2-7,12,19-20H,8-11,13H2,1H3,(H,33,34)(H2,28,29,36)/t19-,20-,26?/m0/s1. The molecule has 2 heterocycles. The van der Waals surface area contributed by atoms with Crippen LogP contribution in [-0.4, -0.2) is 64.4 Å². The number of aliphatic carboxylic acids is 1. The number of rotatable bonds is 5. The van der Waals surface area contributed by atoms with E-state index >= 15 is 0 Å². The van der Waals surface area contributed by atoms with Gasteiger partial charge < -0.3 is 25.4 Å². The molecule has 2 fully saturated rings. The Morgan fingerprint density at radius 2 is 1.87 bits per heavy atom. The first-order valence-corrected chi connectivity index (χ1v) is 12.1. The van der Waals surface area contributed by atoms with Crippen molar-refractivity contribution in [3.63, 3.8) is 0 Å². The first-order chi connectivity index (χ1) is 18.1. The first kappa shape index (κ1) is 25.2. The topological polar surface area (TPSA) is 145 Å². The van der Waals surface area contributed by atoms with Crippen LogP contribution in [0.1, 0.15) is 42.0 Å². The molecule has 5 amide bonds. The van der Waals surface area contributed by atoms with E-state index in [0.717, 1.165) is 10.5 Å². The van der Waals surface area contributed by atoms with Gasteiger partial charge in [0.05, 0.1) is 6.04 Å². The zero-order chi connectivity index (χ0) is 27.2. The monoisotopic (exact) mass is 524 g/mol. The highest BCUT2D eigenvalue weighted by atomic mass is 19.1. The molecule has 0 saturated carbocycles. The van der Waals surface area contributed by atoms with Crippen molar-refractivity contribution in [3.8, 4) is 0 Å². The van der Waals surface area contributed by atoms with Gasteiger partial charge in [-0.15, -0.1) is 0 Å². The number of carboxylic acids is 1. The van der Waals surface area contributed by atoms with E-state index in [1.165, 1.54) is 31.3 Å². The van der Waals surface area contributed by atoms with Crippen molar-refractivity contribution in [2.45, 2.75) is 43.4 Å². The predicted molar refractivity (Wildman–Crippen MR) is 129 cm³/mol. The number of imide groups is 1. The van der Waals surface area contributed by atoms with Gasteiger partial charge in [0.2, 0.25) is 11.5 Å². The number of amides is 5. The highest BCUT2D eigenvalue weighted by Gasteiger charge is 2.59. The highest BCUT2D eigenvalue weighted by molar-refractivity contribution is 6.06. The van der Waals surface area contributed by atoms with Crippen LogP contribution in [0.25, 0.3) is 0 Å². The molecule has 3 atom stereocenters. The molecule has 12 heteroatoms. The predicted octanol–water partition coefficient (Wildman–Crippen LogP) is 2.51. The molecule has 3 aliphatic rings. The maximum absolute atomic E-state index is 13.5. The summed E-state index contributed by atoms with van der Waals surface area (Å²) in [6.45, 7) is -0.688. The second-order valence-corrected chi connectivity index (χ2v) is 9.46. The van der Waals surface area contributed by atoms with Crippen LogP contribution in [0.15, 0.2) is 42.5 Å². The van der Waals surface area contributed by atoms with Crippen molar-refractivity contribution in [2.24, 2.45) is 0 Å². The summed E-state index contributed by atoms with van der Waals surface area (Å²) in [5.74, 6) is -3.11. The van der Waals surface area contributed by atoms with E-state index in [2.05, 4.69) is 10.6 Å². The zero-order valence-electron chi connectivity index (χ0n) is 20.4. The van der Waals surface area contributed by atoms with Crippen LogP contribution in [0, 0.1) is 5.82 Å². The van der Waals surface area contributed by atoms with Crippen LogP contribution in [0.2, 0.25) is 0 Å². The number of ether oxygens (including phenoxy) is 1. The van der Waals surface area contributed by atoms with E-state index in [0.29, 0.717) is 34.6 Å². The number of aryl methyl sites for hydroxylation is 1. The van der Waals surface area contributed by atoms with Crippen molar-refractivity contribution in [2.75, 3.05) is 18.9 Å². The number of nitrogens with zero attached hydrogens (tertiary/aromatic N) is 2. The molecule has 1 unspecified atom stereocenters. The van der Waals surface area contributed by atoms with Crippen molar-refractivity contribution in [1.29, 1.82) is 0 Å². The second-order valence-electron chi connectivity index (χ2n) is 9.46. The Balaban J connectivity index is 1.38. The van der Waals surface area contributed by atoms with Gasteiger partial charge >= 0.3 is 18.1 Å². The van der Waals surface area contributed by atoms with Crippen LogP contribution in [0.5, 0.6) is 0 Å². The SMILES string of the molecule is CNC(=O)Nc1ccc2c(c1)CCC21OC(=O)N(CC(=O)N2[C@H](C(=O)O)CC[C@H]2c2ccc(F)cc2)C1=O. The van der Waals surface area contributed by atoms with Crippen LogP contribution < -0.4 is 10.6 Å². The Bertz CT molecular complexity index is 1350. The Morgan fingerprint density at radius 1 is 1.13 bits per heavy atom. The molecular formula is C26H25FN4O7. The zero-order valence-corrected chi connectivity index (χ0v) is 20.4. The Hall–Kier alpha value is -4.48. The normalized spacial score (nSPS) is 23.9. The average Bonchev–Trinajstić information content (AvgIpc) is 3.56. The summed E-state index contributed by atoms with van der Waals surface area (Å²) in [4.78, 5) is 65.2. The third-order valence-electron chi connectivity index (χ3n) is 7.35. The molecule has 2 saturated heterocycles. The molecular weight excluding hydrogens is 499 g/mol. The van der Waals surface area contributed by atoms with Crippen molar-refractivity contribution >= 4 is 35.6 Å². The summed E-state index contributed by atoms with van der Waals surface area (Å²) in [7, 11) is 1.48. The number of anilines is 1. The van der Waals surface area contributed by atoms with Crippen LogP contribution in [0.4, 0.5) is 19.7 Å². The number of hydrogen-bond donors (Lipinski definition) is 3. The maximum atomic E-state index is 13.5. The van der Waals surface area contributed by atoms with E-state index in [9.17, 15) is 33.5 Å². The summed E-state index contributed by atoms with van der Waals surface area (Å²) in [5.41, 5.74) is 0.661. The number of carbonyl (C=O) groups excluding carboxylic acids is 4. The lowest BCUT2D eigenvalue weighted by molar-refractivity contribution is -0.151. The van der Waals surface area contributed by atoms with Gasteiger partial charge in [-0.05, 0) is 54.7 Å². The molecule has 0 radical (unpaired) electrons. The molecule has 198 valence electrons. The fourth-order valence-electron chi connectivity index (χ4n) is 5.55. The summed E-state index contributed by atoms with van der Waals surface area (Å²) in [6.07, 6.45) is 0.0787. The Morgan fingerprint density at radius 3 is 2.55 bits per heavy atom. The molecule has 2 aromatic rings. The van der Waals surface area contributed by atoms with E-state index in [4.69, 9.17) is 4.74 Å². The maximum Gasteiger partial charge on any atom is 0.418 e. The van der Waals surface area contributed by atoms with Gasteiger partial charge in [0.25, 0.3) is 5.91 Å². The number of urea groups is 1. The molecule has 3 N–H and O–H groups in total. The van der Waals surface area contributed by atoms with Gasteiger partial charge in [-0.2, -0.15) is 0 Å². The van der Waals surface area contributed by atoms with Crippen LogP contribution >= 0.6 is 0 Å². The van der Waals surface area contributed by atoms with Crippen molar-refractivity contribution in [3.05, 3.63) is 65.0 Å². The quantitative estimate of drug-likeness (QED) is 0.545. The van der Waals surface area contributed by atoms with Crippen molar-refractivity contribution < 1.29 is 38.2 Å². The Kier molecular flexibility index (Phi) is 6.25. The molecule has 0 bridgehead atoms. The number of hydrogen-bond acceptors (Lipinski definition) is 6. The first-order valence-electron chi connectivity index (χ1n) is 12.1. The number of likely N-dealkylation sites (tertiary alicyclic amines) is 1.